The monoisotopic (exact) mass is 445 g/mol. The summed E-state index contributed by atoms with van der Waals surface area (Å²) in [6.45, 7) is 0.546. The van der Waals surface area contributed by atoms with Crippen LogP contribution in [0.4, 0.5) is 5.82 Å². The molecule has 2 N–H and O–H groups in total. The predicted molar refractivity (Wildman–Crippen MR) is 116 cm³/mol. The van der Waals surface area contributed by atoms with E-state index in [9.17, 15) is 4.79 Å². The average molecular weight is 447 g/mol. The van der Waals surface area contributed by atoms with Gasteiger partial charge in [0.15, 0.2) is 0 Å². The first-order valence-corrected chi connectivity index (χ1v) is 10.1. The van der Waals surface area contributed by atoms with Crippen molar-refractivity contribution in [1.82, 2.24) is 19.3 Å². The Morgan fingerprint density at radius 3 is 2.55 bits per heavy atom. The van der Waals surface area contributed by atoms with Crippen LogP contribution in [0, 0.1) is 0 Å². The highest BCUT2D eigenvalue weighted by molar-refractivity contribution is 6.40. The molecule has 146 valence electrons. The lowest BCUT2D eigenvalue weighted by atomic mass is 10.1. The van der Waals surface area contributed by atoms with E-state index in [-0.39, 0.29) is 5.56 Å². The molecule has 5 rings (SSSR count). The molecule has 2 aromatic heterocycles. The van der Waals surface area contributed by atoms with E-state index in [2.05, 4.69) is 5.10 Å². The number of fused-ring (bicyclic) bond motifs is 4. The van der Waals surface area contributed by atoms with Crippen molar-refractivity contribution in [1.29, 1.82) is 0 Å². The molecular weight excluding hydrogens is 433 g/mol. The van der Waals surface area contributed by atoms with E-state index < -0.39 is 0 Å². The minimum absolute atomic E-state index is 0.0897. The number of hydrogen-bond acceptors (Lipinski definition) is 4. The second-order valence-corrected chi connectivity index (χ2v) is 8.10. The van der Waals surface area contributed by atoms with Crippen molar-refractivity contribution in [2.24, 2.45) is 0 Å². The Morgan fingerprint density at radius 1 is 1.07 bits per heavy atom. The number of nitrogen functional groups attached to an aromatic ring is 1. The number of nitrogens with two attached hydrogens (primary N) is 1. The molecule has 0 spiro atoms. The van der Waals surface area contributed by atoms with Crippen LogP contribution in [0.3, 0.4) is 0 Å². The van der Waals surface area contributed by atoms with Gasteiger partial charge < -0.3 is 5.73 Å². The molecule has 0 radical (unpaired) electrons. The topological polar surface area (TPSA) is 78.7 Å². The maximum atomic E-state index is 13.1. The van der Waals surface area contributed by atoms with Crippen LogP contribution in [0.5, 0.6) is 0 Å². The Balaban J connectivity index is 1.83. The highest BCUT2D eigenvalue weighted by atomic mass is 35.5. The average Bonchev–Trinajstić information content (AvgIpc) is 2.87. The summed E-state index contributed by atoms with van der Waals surface area (Å²) in [6.07, 6.45) is 1.38. The second-order valence-electron chi connectivity index (χ2n) is 6.85. The number of rotatable bonds is 1. The van der Waals surface area contributed by atoms with Crippen molar-refractivity contribution in [3.8, 4) is 17.1 Å². The number of hydrogen-bond donors (Lipinski definition) is 1. The van der Waals surface area contributed by atoms with E-state index in [0.29, 0.717) is 61.8 Å². The SMILES string of the molecule is Nc1c2c(nn1-c1c(Cl)cc(Cl)cc1Cl)CCCn1c-2nc2ccccc2c1=O. The van der Waals surface area contributed by atoms with E-state index in [1.165, 1.54) is 4.68 Å². The number of halogens is 3. The first-order valence-electron chi connectivity index (χ1n) is 8.98. The van der Waals surface area contributed by atoms with Gasteiger partial charge >= 0.3 is 0 Å². The van der Waals surface area contributed by atoms with E-state index >= 15 is 0 Å². The van der Waals surface area contributed by atoms with Crippen LogP contribution >= 0.6 is 34.8 Å². The van der Waals surface area contributed by atoms with Gasteiger partial charge in [0.2, 0.25) is 0 Å². The van der Waals surface area contributed by atoms with E-state index in [1.54, 1.807) is 22.8 Å². The minimum atomic E-state index is -0.0897. The van der Waals surface area contributed by atoms with Gasteiger partial charge in [0, 0.05) is 11.6 Å². The maximum Gasteiger partial charge on any atom is 0.261 e. The molecular formula is C20H14Cl3N5O. The molecule has 3 heterocycles. The first kappa shape index (κ1) is 18.5. The summed E-state index contributed by atoms with van der Waals surface area (Å²) >= 11 is 18.8. The summed E-state index contributed by atoms with van der Waals surface area (Å²) in [5, 5.41) is 6.32. The Kier molecular flexibility index (Phi) is 4.31. The number of anilines is 1. The van der Waals surface area contributed by atoms with E-state index in [4.69, 9.17) is 45.5 Å². The molecule has 0 amide bonds. The number of nitrogens with zero attached hydrogens (tertiary/aromatic N) is 4. The van der Waals surface area contributed by atoms with E-state index in [0.717, 1.165) is 12.1 Å². The lowest BCUT2D eigenvalue weighted by Crippen LogP contribution is -2.23. The van der Waals surface area contributed by atoms with Crippen molar-refractivity contribution in [3.05, 3.63) is 67.5 Å². The molecule has 0 unspecified atom stereocenters. The maximum absolute atomic E-state index is 13.1. The van der Waals surface area contributed by atoms with Gasteiger partial charge in [-0.15, -0.1) is 0 Å². The zero-order valence-electron chi connectivity index (χ0n) is 15.0. The van der Waals surface area contributed by atoms with Gasteiger partial charge in [-0.05, 0) is 37.1 Å². The molecule has 0 saturated heterocycles. The van der Waals surface area contributed by atoms with Crippen molar-refractivity contribution < 1.29 is 0 Å². The van der Waals surface area contributed by atoms with Gasteiger partial charge in [-0.2, -0.15) is 5.10 Å². The summed E-state index contributed by atoms with van der Waals surface area (Å²) in [5.74, 6) is 0.829. The van der Waals surface area contributed by atoms with Crippen LogP contribution in [0.1, 0.15) is 12.1 Å². The summed E-state index contributed by atoms with van der Waals surface area (Å²) in [6, 6.07) is 10.4. The third kappa shape index (κ3) is 2.82. The van der Waals surface area contributed by atoms with Crippen LogP contribution in [0.25, 0.3) is 28.0 Å². The smallest absolute Gasteiger partial charge is 0.261 e. The zero-order valence-corrected chi connectivity index (χ0v) is 17.3. The van der Waals surface area contributed by atoms with Crippen molar-refractivity contribution >= 4 is 51.5 Å². The Bertz CT molecular complexity index is 1340. The van der Waals surface area contributed by atoms with E-state index in [1.807, 2.05) is 18.2 Å². The summed E-state index contributed by atoms with van der Waals surface area (Å²) in [5.41, 5.74) is 8.86. The Morgan fingerprint density at radius 2 is 1.79 bits per heavy atom. The molecule has 0 atom stereocenters. The highest BCUT2D eigenvalue weighted by Crippen LogP contribution is 2.38. The summed E-state index contributed by atoms with van der Waals surface area (Å²) in [7, 11) is 0. The lowest BCUT2D eigenvalue weighted by Gasteiger charge is -2.13. The van der Waals surface area contributed by atoms with Crippen molar-refractivity contribution in [3.63, 3.8) is 0 Å². The van der Waals surface area contributed by atoms with Crippen LogP contribution < -0.4 is 11.3 Å². The number of aryl methyl sites for hydroxylation is 1. The molecule has 9 heteroatoms. The first-order chi connectivity index (χ1) is 14.0. The van der Waals surface area contributed by atoms with Gasteiger partial charge in [0.1, 0.15) is 17.3 Å². The normalized spacial score (nSPS) is 13.2. The third-order valence-corrected chi connectivity index (χ3v) is 5.86. The number of benzene rings is 2. The number of aromatic nitrogens is 4. The van der Waals surface area contributed by atoms with Gasteiger partial charge in [0.25, 0.3) is 5.56 Å². The van der Waals surface area contributed by atoms with Crippen molar-refractivity contribution in [2.75, 3.05) is 5.73 Å². The molecule has 0 aliphatic carbocycles. The van der Waals surface area contributed by atoms with Crippen LogP contribution in [-0.2, 0) is 13.0 Å². The number of para-hydroxylation sites is 1. The highest BCUT2D eigenvalue weighted by Gasteiger charge is 2.27. The van der Waals surface area contributed by atoms with Gasteiger partial charge in [0.05, 0.1) is 32.2 Å². The molecule has 1 aliphatic heterocycles. The van der Waals surface area contributed by atoms with Crippen molar-refractivity contribution in [2.45, 2.75) is 19.4 Å². The van der Waals surface area contributed by atoms with Gasteiger partial charge in [-0.3, -0.25) is 9.36 Å². The lowest BCUT2D eigenvalue weighted by molar-refractivity contribution is 0.629. The van der Waals surface area contributed by atoms with Crippen LogP contribution in [0.2, 0.25) is 15.1 Å². The summed E-state index contributed by atoms with van der Waals surface area (Å²) < 4.78 is 3.17. The molecule has 4 aromatic rings. The molecule has 0 fully saturated rings. The largest absolute Gasteiger partial charge is 0.383 e. The molecule has 1 aliphatic rings. The molecule has 0 saturated carbocycles. The Labute approximate surface area is 180 Å². The second kappa shape index (κ2) is 6.76. The quantitative estimate of drug-likeness (QED) is 0.458. The third-order valence-electron chi connectivity index (χ3n) is 5.07. The van der Waals surface area contributed by atoms with Gasteiger partial charge in [-0.25, -0.2) is 9.67 Å². The fraction of sp³-hybridized carbons (Fsp3) is 0.150. The van der Waals surface area contributed by atoms with Gasteiger partial charge in [-0.1, -0.05) is 46.9 Å². The predicted octanol–water partition coefficient (Wildman–Crippen LogP) is 4.74. The minimum Gasteiger partial charge on any atom is -0.383 e. The molecule has 0 bridgehead atoms. The fourth-order valence-corrected chi connectivity index (χ4v) is 4.75. The molecule has 6 nitrogen and oxygen atoms in total. The Hall–Kier alpha value is -2.54. The van der Waals surface area contributed by atoms with Crippen LogP contribution in [-0.4, -0.2) is 19.3 Å². The molecule has 29 heavy (non-hydrogen) atoms. The molecule has 2 aromatic carbocycles. The van der Waals surface area contributed by atoms with Crippen LogP contribution in [0.15, 0.2) is 41.2 Å². The fourth-order valence-electron chi connectivity index (χ4n) is 3.78. The summed E-state index contributed by atoms with van der Waals surface area (Å²) in [4.78, 5) is 17.8. The zero-order chi connectivity index (χ0) is 20.3. The standard InChI is InChI=1S/C20H14Cl3N5O/c21-10-8-12(22)17(13(23)9-10)28-18(24)16-15(26-28)6-3-7-27-19(16)25-14-5-2-1-4-11(14)20(27)29/h1-2,4-5,8-9H,3,6-7,24H2.